The zero-order chi connectivity index (χ0) is 13.1. The quantitative estimate of drug-likeness (QED) is 0.824. The Labute approximate surface area is 108 Å². The second kappa shape index (κ2) is 5.38. The number of hydrogen-bond donors (Lipinski definition) is 1. The Bertz CT molecular complexity index is 456. The molecule has 1 aliphatic heterocycles. The lowest BCUT2D eigenvalue weighted by atomic mass is 10.2. The van der Waals surface area contributed by atoms with E-state index in [4.69, 9.17) is 5.11 Å². The smallest absolute Gasteiger partial charge is 0.325 e. The van der Waals surface area contributed by atoms with Gasteiger partial charge in [-0.2, -0.15) is 11.8 Å². The van der Waals surface area contributed by atoms with Crippen LogP contribution in [0.15, 0.2) is 6.20 Å². The standard InChI is InChI=1S/C10H14N4O3S/c1-13(7-2-3-18-6-7)10(17)8-4-14(12-11-8)5-9(15)16/h4,7H,2-3,5-6H2,1H3,(H,15,16). The molecule has 1 fully saturated rings. The van der Waals surface area contributed by atoms with Crippen molar-refractivity contribution in [3.63, 3.8) is 0 Å². The molecule has 1 aliphatic rings. The molecule has 2 rings (SSSR count). The Morgan fingerprint density at radius 3 is 3.06 bits per heavy atom. The third kappa shape index (κ3) is 2.81. The molecule has 0 spiro atoms. The van der Waals surface area contributed by atoms with Crippen LogP contribution in [0.3, 0.4) is 0 Å². The lowest BCUT2D eigenvalue weighted by molar-refractivity contribution is -0.137. The molecule has 0 saturated carbocycles. The number of hydrogen-bond acceptors (Lipinski definition) is 5. The van der Waals surface area contributed by atoms with Crippen LogP contribution in [-0.4, -0.2) is 61.5 Å². The highest BCUT2D eigenvalue weighted by Gasteiger charge is 2.26. The molecule has 0 aromatic carbocycles. The van der Waals surface area contributed by atoms with E-state index >= 15 is 0 Å². The fourth-order valence-corrected chi connectivity index (χ4v) is 3.05. The molecule has 8 heteroatoms. The first-order valence-corrected chi connectivity index (χ1v) is 6.70. The van der Waals surface area contributed by atoms with Gasteiger partial charge in [0.15, 0.2) is 5.69 Å². The normalized spacial score (nSPS) is 18.8. The largest absolute Gasteiger partial charge is 0.480 e. The summed E-state index contributed by atoms with van der Waals surface area (Å²) in [6.45, 7) is -0.288. The van der Waals surface area contributed by atoms with Crippen molar-refractivity contribution >= 4 is 23.6 Å². The van der Waals surface area contributed by atoms with E-state index in [2.05, 4.69) is 10.3 Å². The van der Waals surface area contributed by atoms with Crippen LogP contribution in [0.2, 0.25) is 0 Å². The SMILES string of the molecule is CN(C(=O)c1cn(CC(=O)O)nn1)C1CCSC1. The number of carbonyl (C=O) groups excluding carboxylic acids is 1. The average Bonchev–Trinajstić information content (AvgIpc) is 2.96. The van der Waals surface area contributed by atoms with Crippen molar-refractivity contribution in [3.8, 4) is 0 Å². The number of carboxylic acids is 1. The number of rotatable bonds is 4. The molecule has 0 radical (unpaired) electrons. The molecule has 1 aromatic heterocycles. The molecule has 7 nitrogen and oxygen atoms in total. The van der Waals surface area contributed by atoms with Crippen LogP contribution < -0.4 is 0 Å². The van der Waals surface area contributed by atoms with Crippen molar-refractivity contribution in [1.82, 2.24) is 19.9 Å². The van der Waals surface area contributed by atoms with Gasteiger partial charge in [-0.3, -0.25) is 9.59 Å². The summed E-state index contributed by atoms with van der Waals surface area (Å²) in [5.41, 5.74) is 0.190. The molecule has 1 amide bonds. The number of amides is 1. The summed E-state index contributed by atoms with van der Waals surface area (Å²) in [6.07, 6.45) is 2.35. The zero-order valence-corrected chi connectivity index (χ0v) is 10.8. The summed E-state index contributed by atoms with van der Waals surface area (Å²) >= 11 is 1.82. The second-order valence-corrected chi connectivity index (χ2v) is 5.28. The minimum Gasteiger partial charge on any atom is -0.480 e. The Hall–Kier alpha value is -1.57. The molecule has 1 atom stereocenters. The van der Waals surface area contributed by atoms with E-state index in [1.165, 1.54) is 6.20 Å². The van der Waals surface area contributed by atoms with Crippen LogP contribution in [0.25, 0.3) is 0 Å². The van der Waals surface area contributed by atoms with Gasteiger partial charge in [0, 0.05) is 18.8 Å². The lowest BCUT2D eigenvalue weighted by Crippen LogP contribution is -2.37. The van der Waals surface area contributed by atoms with E-state index in [0.717, 1.165) is 22.6 Å². The molecule has 98 valence electrons. The number of aromatic nitrogens is 3. The molecule has 1 unspecified atom stereocenters. The minimum absolute atomic E-state index is 0.190. The summed E-state index contributed by atoms with van der Waals surface area (Å²) in [4.78, 5) is 24.3. The molecular formula is C10H14N4O3S. The fraction of sp³-hybridized carbons (Fsp3) is 0.600. The van der Waals surface area contributed by atoms with Gasteiger partial charge in [-0.15, -0.1) is 5.10 Å². The summed E-state index contributed by atoms with van der Waals surface area (Å²) in [7, 11) is 1.75. The van der Waals surface area contributed by atoms with Crippen LogP contribution in [-0.2, 0) is 11.3 Å². The Morgan fingerprint density at radius 2 is 2.44 bits per heavy atom. The van der Waals surface area contributed by atoms with Gasteiger partial charge in [-0.05, 0) is 12.2 Å². The van der Waals surface area contributed by atoms with E-state index in [1.54, 1.807) is 11.9 Å². The highest BCUT2D eigenvalue weighted by Crippen LogP contribution is 2.22. The lowest BCUT2D eigenvalue weighted by Gasteiger charge is -2.22. The van der Waals surface area contributed by atoms with Crippen molar-refractivity contribution in [3.05, 3.63) is 11.9 Å². The van der Waals surface area contributed by atoms with Gasteiger partial charge < -0.3 is 10.0 Å². The summed E-state index contributed by atoms with van der Waals surface area (Å²) in [5.74, 6) is 0.776. The van der Waals surface area contributed by atoms with E-state index in [9.17, 15) is 9.59 Å². The van der Waals surface area contributed by atoms with Gasteiger partial charge in [0.25, 0.3) is 5.91 Å². The number of aliphatic carboxylic acids is 1. The van der Waals surface area contributed by atoms with E-state index < -0.39 is 5.97 Å². The summed E-state index contributed by atoms with van der Waals surface area (Å²) in [6, 6.07) is 0.229. The van der Waals surface area contributed by atoms with E-state index in [1.807, 2.05) is 11.8 Å². The maximum absolute atomic E-state index is 12.1. The summed E-state index contributed by atoms with van der Waals surface area (Å²) in [5, 5.41) is 15.9. The van der Waals surface area contributed by atoms with Gasteiger partial charge in [-0.1, -0.05) is 5.21 Å². The molecule has 1 N–H and O–H groups in total. The topological polar surface area (TPSA) is 88.3 Å². The highest BCUT2D eigenvalue weighted by atomic mass is 32.2. The van der Waals surface area contributed by atoms with Gasteiger partial charge in [0.2, 0.25) is 0 Å². The minimum atomic E-state index is -1.01. The third-order valence-corrected chi connectivity index (χ3v) is 3.97. The number of thioether (sulfide) groups is 1. The monoisotopic (exact) mass is 270 g/mol. The third-order valence-electron chi connectivity index (χ3n) is 2.83. The van der Waals surface area contributed by atoms with Gasteiger partial charge in [-0.25, -0.2) is 4.68 Å². The number of carbonyl (C=O) groups is 2. The first-order chi connectivity index (χ1) is 8.58. The summed E-state index contributed by atoms with van der Waals surface area (Å²) < 4.78 is 1.15. The van der Waals surface area contributed by atoms with E-state index in [0.29, 0.717) is 0 Å². The average molecular weight is 270 g/mol. The van der Waals surface area contributed by atoms with Crippen molar-refractivity contribution in [2.24, 2.45) is 0 Å². The Kier molecular flexibility index (Phi) is 3.85. The highest BCUT2D eigenvalue weighted by molar-refractivity contribution is 7.99. The first-order valence-electron chi connectivity index (χ1n) is 5.54. The van der Waals surface area contributed by atoms with E-state index in [-0.39, 0.29) is 24.2 Å². The second-order valence-electron chi connectivity index (χ2n) is 4.13. The number of carboxylic acid groups (broad SMARTS) is 1. The van der Waals surface area contributed by atoms with Gasteiger partial charge in [0.1, 0.15) is 6.54 Å². The van der Waals surface area contributed by atoms with Crippen molar-refractivity contribution < 1.29 is 14.7 Å². The Morgan fingerprint density at radius 1 is 1.67 bits per heavy atom. The maximum atomic E-state index is 12.1. The van der Waals surface area contributed by atoms with Gasteiger partial charge in [0.05, 0.1) is 6.20 Å². The first kappa shape index (κ1) is 12.9. The van der Waals surface area contributed by atoms with Crippen LogP contribution >= 0.6 is 11.8 Å². The number of nitrogens with zero attached hydrogens (tertiary/aromatic N) is 4. The molecule has 1 saturated heterocycles. The fourth-order valence-electron chi connectivity index (χ4n) is 1.79. The van der Waals surface area contributed by atoms with Crippen LogP contribution in [0, 0.1) is 0 Å². The van der Waals surface area contributed by atoms with Crippen LogP contribution in [0.1, 0.15) is 16.9 Å². The van der Waals surface area contributed by atoms with Crippen LogP contribution in [0.5, 0.6) is 0 Å². The molecule has 0 aliphatic carbocycles. The molecule has 18 heavy (non-hydrogen) atoms. The van der Waals surface area contributed by atoms with Crippen molar-refractivity contribution in [2.75, 3.05) is 18.6 Å². The maximum Gasteiger partial charge on any atom is 0.325 e. The van der Waals surface area contributed by atoms with Crippen LogP contribution in [0.4, 0.5) is 0 Å². The van der Waals surface area contributed by atoms with Crippen molar-refractivity contribution in [1.29, 1.82) is 0 Å². The zero-order valence-electron chi connectivity index (χ0n) is 9.94. The van der Waals surface area contributed by atoms with Gasteiger partial charge >= 0.3 is 5.97 Å². The predicted octanol–water partition coefficient (Wildman–Crippen LogP) is -0.0598. The predicted molar refractivity (Wildman–Crippen MR) is 65.5 cm³/mol. The molecular weight excluding hydrogens is 256 g/mol. The molecule has 0 bridgehead atoms. The van der Waals surface area contributed by atoms with Crippen molar-refractivity contribution in [2.45, 2.75) is 19.0 Å². The molecule has 2 heterocycles. The molecule has 1 aromatic rings. The Balaban J connectivity index is 2.03.